The summed E-state index contributed by atoms with van der Waals surface area (Å²) in [5.41, 5.74) is 1.46. The second-order valence-corrected chi connectivity index (χ2v) is 7.01. The number of ether oxygens (including phenoxy) is 1. The lowest BCUT2D eigenvalue weighted by Gasteiger charge is -2.34. The van der Waals surface area contributed by atoms with E-state index in [1.807, 2.05) is 36.1 Å². The summed E-state index contributed by atoms with van der Waals surface area (Å²) >= 11 is 1.47. The van der Waals surface area contributed by atoms with Crippen LogP contribution in [0.1, 0.15) is 21.1 Å². The van der Waals surface area contributed by atoms with Crippen LogP contribution in [-0.4, -0.2) is 59.9 Å². The SMILES string of the molecule is COc1ccc(CC(=O)N2CCN(C(=O)c3csc(C)n3)CC2)cc1. The molecule has 1 aromatic heterocycles. The quantitative estimate of drug-likeness (QED) is 0.838. The molecule has 0 saturated carbocycles. The van der Waals surface area contributed by atoms with Gasteiger partial charge in [-0.15, -0.1) is 11.3 Å². The predicted octanol–water partition coefficient (Wildman–Crippen LogP) is 1.99. The lowest BCUT2D eigenvalue weighted by Crippen LogP contribution is -2.51. The standard InChI is InChI=1S/C18H21N3O3S/c1-13-19-16(12-25-13)18(23)21-9-7-20(8-10-21)17(22)11-14-3-5-15(24-2)6-4-14/h3-6,12H,7-11H2,1-2H3. The van der Waals surface area contributed by atoms with Gasteiger partial charge in [-0.25, -0.2) is 4.98 Å². The van der Waals surface area contributed by atoms with Crippen molar-refractivity contribution >= 4 is 23.2 Å². The van der Waals surface area contributed by atoms with Crippen molar-refractivity contribution in [1.29, 1.82) is 0 Å². The number of rotatable bonds is 4. The summed E-state index contributed by atoms with van der Waals surface area (Å²) in [5, 5.41) is 2.68. The summed E-state index contributed by atoms with van der Waals surface area (Å²) in [5.74, 6) is 0.814. The van der Waals surface area contributed by atoms with Crippen molar-refractivity contribution in [2.24, 2.45) is 0 Å². The van der Waals surface area contributed by atoms with E-state index >= 15 is 0 Å². The van der Waals surface area contributed by atoms with Gasteiger partial charge in [0.25, 0.3) is 5.91 Å². The molecule has 0 aliphatic carbocycles. The first-order chi connectivity index (χ1) is 12.1. The normalized spacial score (nSPS) is 14.5. The van der Waals surface area contributed by atoms with Crippen LogP contribution in [0.4, 0.5) is 0 Å². The molecule has 1 saturated heterocycles. The fourth-order valence-corrected chi connectivity index (χ4v) is 3.40. The minimum absolute atomic E-state index is 0.0494. The molecular weight excluding hydrogens is 338 g/mol. The molecule has 1 aliphatic rings. The minimum atomic E-state index is -0.0494. The van der Waals surface area contributed by atoms with Gasteiger partial charge in [-0.3, -0.25) is 9.59 Å². The van der Waals surface area contributed by atoms with Gasteiger partial charge in [0.15, 0.2) is 0 Å². The van der Waals surface area contributed by atoms with E-state index in [0.29, 0.717) is 38.3 Å². The molecule has 0 unspecified atom stereocenters. The van der Waals surface area contributed by atoms with Crippen LogP contribution in [-0.2, 0) is 11.2 Å². The molecule has 1 aliphatic heterocycles. The van der Waals surface area contributed by atoms with Crippen LogP contribution in [0.3, 0.4) is 0 Å². The molecule has 1 fully saturated rings. The molecule has 2 aromatic rings. The average Bonchev–Trinajstić information content (AvgIpc) is 3.08. The highest BCUT2D eigenvalue weighted by Gasteiger charge is 2.25. The van der Waals surface area contributed by atoms with Gasteiger partial charge in [-0.2, -0.15) is 0 Å². The second kappa shape index (κ2) is 7.65. The zero-order valence-electron chi connectivity index (χ0n) is 14.4. The molecule has 7 heteroatoms. The molecule has 25 heavy (non-hydrogen) atoms. The van der Waals surface area contributed by atoms with Crippen LogP contribution in [0.15, 0.2) is 29.6 Å². The Kier molecular flexibility index (Phi) is 5.33. The number of hydrogen-bond donors (Lipinski definition) is 0. The Morgan fingerprint density at radius 2 is 1.76 bits per heavy atom. The van der Waals surface area contributed by atoms with E-state index in [4.69, 9.17) is 4.74 Å². The fraction of sp³-hybridized carbons (Fsp3) is 0.389. The summed E-state index contributed by atoms with van der Waals surface area (Å²) in [4.78, 5) is 32.7. The molecule has 3 rings (SSSR count). The van der Waals surface area contributed by atoms with E-state index in [-0.39, 0.29) is 11.8 Å². The largest absolute Gasteiger partial charge is 0.497 e. The number of aryl methyl sites for hydroxylation is 1. The van der Waals surface area contributed by atoms with Crippen LogP contribution in [0, 0.1) is 6.92 Å². The van der Waals surface area contributed by atoms with Crippen molar-refractivity contribution < 1.29 is 14.3 Å². The molecule has 0 radical (unpaired) electrons. The van der Waals surface area contributed by atoms with Crippen molar-refractivity contribution in [3.63, 3.8) is 0 Å². The Morgan fingerprint density at radius 1 is 1.12 bits per heavy atom. The van der Waals surface area contributed by atoms with Gasteiger partial charge in [0, 0.05) is 31.6 Å². The van der Waals surface area contributed by atoms with Gasteiger partial charge in [0.1, 0.15) is 11.4 Å². The van der Waals surface area contributed by atoms with Crippen molar-refractivity contribution in [2.75, 3.05) is 33.3 Å². The Bertz CT molecular complexity index is 749. The maximum absolute atomic E-state index is 12.5. The summed E-state index contributed by atoms with van der Waals surface area (Å²) < 4.78 is 5.13. The number of carbonyl (C=O) groups is 2. The number of methoxy groups -OCH3 is 1. The van der Waals surface area contributed by atoms with Gasteiger partial charge < -0.3 is 14.5 Å². The fourth-order valence-electron chi connectivity index (χ4n) is 2.81. The van der Waals surface area contributed by atoms with Gasteiger partial charge in [-0.1, -0.05) is 12.1 Å². The first-order valence-corrected chi connectivity index (χ1v) is 9.07. The van der Waals surface area contributed by atoms with Crippen molar-refractivity contribution in [3.05, 3.63) is 45.9 Å². The monoisotopic (exact) mass is 359 g/mol. The molecule has 0 atom stereocenters. The molecule has 6 nitrogen and oxygen atoms in total. The highest BCUT2D eigenvalue weighted by molar-refractivity contribution is 7.09. The zero-order chi connectivity index (χ0) is 17.8. The highest BCUT2D eigenvalue weighted by Crippen LogP contribution is 2.15. The van der Waals surface area contributed by atoms with E-state index in [1.54, 1.807) is 17.4 Å². The number of amides is 2. The zero-order valence-corrected chi connectivity index (χ0v) is 15.2. The topological polar surface area (TPSA) is 62.7 Å². The van der Waals surface area contributed by atoms with Gasteiger partial charge in [0.2, 0.25) is 5.91 Å². The molecule has 1 aromatic carbocycles. The maximum Gasteiger partial charge on any atom is 0.273 e. The van der Waals surface area contributed by atoms with Crippen molar-refractivity contribution in [2.45, 2.75) is 13.3 Å². The molecule has 0 N–H and O–H groups in total. The summed E-state index contributed by atoms with van der Waals surface area (Å²) in [6.45, 7) is 4.10. The van der Waals surface area contributed by atoms with Crippen LogP contribution in [0.2, 0.25) is 0 Å². The number of thiazole rings is 1. The number of carbonyl (C=O) groups excluding carboxylic acids is 2. The third kappa shape index (κ3) is 4.17. The molecule has 2 heterocycles. The first kappa shape index (κ1) is 17.4. The van der Waals surface area contributed by atoms with Gasteiger partial charge in [0.05, 0.1) is 18.5 Å². The predicted molar refractivity (Wildman–Crippen MR) is 96.0 cm³/mol. The minimum Gasteiger partial charge on any atom is -0.497 e. The summed E-state index contributed by atoms with van der Waals surface area (Å²) in [6, 6.07) is 7.52. The van der Waals surface area contributed by atoms with E-state index in [9.17, 15) is 9.59 Å². The smallest absolute Gasteiger partial charge is 0.273 e. The average molecular weight is 359 g/mol. The number of benzene rings is 1. The maximum atomic E-state index is 12.5. The van der Waals surface area contributed by atoms with Crippen LogP contribution >= 0.6 is 11.3 Å². The lowest BCUT2D eigenvalue weighted by atomic mass is 10.1. The van der Waals surface area contributed by atoms with Crippen molar-refractivity contribution in [3.8, 4) is 5.75 Å². The summed E-state index contributed by atoms with van der Waals surface area (Å²) in [6.07, 6.45) is 0.364. The Balaban J connectivity index is 1.52. The number of aromatic nitrogens is 1. The van der Waals surface area contributed by atoms with Crippen molar-refractivity contribution in [1.82, 2.24) is 14.8 Å². The first-order valence-electron chi connectivity index (χ1n) is 8.19. The third-order valence-corrected chi connectivity index (χ3v) is 5.05. The van der Waals surface area contributed by atoms with E-state index < -0.39 is 0 Å². The summed E-state index contributed by atoms with van der Waals surface area (Å²) in [7, 11) is 1.62. The van der Waals surface area contributed by atoms with E-state index in [2.05, 4.69) is 4.98 Å². The van der Waals surface area contributed by atoms with E-state index in [1.165, 1.54) is 11.3 Å². The highest BCUT2D eigenvalue weighted by atomic mass is 32.1. The molecule has 2 amide bonds. The molecular formula is C18H21N3O3S. The molecule has 132 valence electrons. The lowest BCUT2D eigenvalue weighted by molar-refractivity contribution is -0.131. The number of piperazine rings is 1. The third-order valence-electron chi connectivity index (χ3n) is 4.27. The van der Waals surface area contributed by atoms with E-state index in [0.717, 1.165) is 16.3 Å². The molecule has 0 spiro atoms. The van der Waals surface area contributed by atoms with Crippen LogP contribution in [0.25, 0.3) is 0 Å². The Hall–Kier alpha value is -2.41. The van der Waals surface area contributed by atoms with Crippen LogP contribution < -0.4 is 4.74 Å². The number of hydrogen-bond acceptors (Lipinski definition) is 5. The Labute approximate surface area is 151 Å². The van der Waals surface area contributed by atoms with Gasteiger partial charge >= 0.3 is 0 Å². The van der Waals surface area contributed by atoms with Crippen LogP contribution in [0.5, 0.6) is 5.75 Å². The Morgan fingerprint density at radius 3 is 2.32 bits per heavy atom. The second-order valence-electron chi connectivity index (χ2n) is 5.95. The number of nitrogens with zero attached hydrogens (tertiary/aromatic N) is 3. The molecule has 0 bridgehead atoms. The van der Waals surface area contributed by atoms with Gasteiger partial charge in [-0.05, 0) is 24.6 Å².